The van der Waals surface area contributed by atoms with Crippen LogP contribution in [-0.4, -0.2) is 23.7 Å². The van der Waals surface area contributed by atoms with Crippen LogP contribution in [0.3, 0.4) is 0 Å². The molecule has 0 aliphatic rings. The summed E-state index contributed by atoms with van der Waals surface area (Å²) < 4.78 is 30.8. The van der Waals surface area contributed by atoms with Gasteiger partial charge < -0.3 is 9.63 Å². The molecule has 0 aliphatic heterocycles. The van der Waals surface area contributed by atoms with Crippen LogP contribution in [0.15, 0.2) is 40.1 Å². The van der Waals surface area contributed by atoms with Crippen molar-refractivity contribution in [2.75, 3.05) is 0 Å². The molecule has 1 aromatic carbocycles. The quantitative estimate of drug-likeness (QED) is 0.794. The smallest absolute Gasteiger partial charge is 0.241 e. The Bertz CT molecular complexity index is 610. The summed E-state index contributed by atoms with van der Waals surface area (Å²) in [4.78, 5) is 3.74. The lowest BCUT2D eigenvalue weighted by molar-refractivity contribution is 0.278. The van der Waals surface area contributed by atoms with E-state index in [2.05, 4.69) is 19.4 Å². The van der Waals surface area contributed by atoms with E-state index in [1.165, 1.54) is 6.07 Å². The molecule has 0 saturated carbocycles. The molecule has 0 saturated heterocycles. The van der Waals surface area contributed by atoms with Gasteiger partial charge in [-0.15, -0.1) is 0 Å². The zero-order valence-electron chi connectivity index (χ0n) is 9.28. The normalized spacial score (nSPS) is 11.6. The predicted molar refractivity (Wildman–Crippen MR) is 60.7 cm³/mol. The highest BCUT2D eigenvalue weighted by Gasteiger charge is 2.18. The predicted octanol–water partition coefficient (Wildman–Crippen LogP) is 0.0404. The minimum Gasteiger partial charge on any atom is -0.392 e. The number of hydrogen-bond donors (Lipinski definition) is 2. The first-order valence-electron chi connectivity index (χ1n) is 5.07. The molecule has 2 aromatic rings. The Morgan fingerprint density at radius 2 is 2.11 bits per heavy atom. The molecule has 1 aromatic heterocycles. The van der Waals surface area contributed by atoms with E-state index in [0.29, 0.717) is 5.56 Å². The highest BCUT2D eigenvalue weighted by atomic mass is 32.2. The Morgan fingerprint density at radius 3 is 2.78 bits per heavy atom. The summed E-state index contributed by atoms with van der Waals surface area (Å²) in [5, 5.41) is 12.6. The molecule has 0 amide bonds. The van der Waals surface area contributed by atoms with Gasteiger partial charge in [0.05, 0.1) is 18.0 Å². The summed E-state index contributed by atoms with van der Waals surface area (Å²) in [7, 11) is -3.71. The van der Waals surface area contributed by atoms with Crippen molar-refractivity contribution in [3.63, 3.8) is 0 Å². The van der Waals surface area contributed by atoms with E-state index in [0.717, 1.165) is 6.39 Å². The van der Waals surface area contributed by atoms with E-state index in [4.69, 9.17) is 5.11 Å². The van der Waals surface area contributed by atoms with Gasteiger partial charge in [-0.3, -0.25) is 0 Å². The minimum atomic E-state index is -3.71. The molecule has 8 heteroatoms. The standard InChI is InChI=1S/C10H11N3O4S/c14-6-8-3-1-2-4-9(8)18(15,16)12-5-10-11-7-17-13-10/h1-4,7,12,14H,5-6H2. The molecule has 2 N–H and O–H groups in total. The molecule has 0 radical (unpaired) electrons. The van der Waals surface area contributed by atoms with Crippen LogP contribution in [0.4, 0.5) is 0 Å². The number of benzene rings is 1. The third-order valence-electron chi connectivity index (χ3n) is 2.26. The van der Waals surface area contributed by atoms with Gasteiger partial charge in [0, 0.05) is 0 Å². The van der Waals surface area contributed by atoms with Gasteiger partial charge in [-0.25, -0.2) is 13.1 Å². The molecule has 0 fully saturated rings. The second kappa shape index (κ2) is 5.25. The number of aromatic nitrogens is 2. The summed E-state index contributed by atoms with van der Waals surface area (Å²) in [5.74, 6) is 0.236. The van der Waals surface area contributed by atoms with Crippen LogP contribution in [0.5, 0.6) is 0 Å². The molecule has 0 unspecified atom stereocenters. The van der Waals surface area contributed by atoms with Gasteiger partial charge in [-0.2, -0.15) is 4.98 Å². The van der Waals surface area contributed by atoms with Crippen LogP contribution < -0.4 is 4.72 Å². The second-order valence-electron chi connectivity index (χ2n) is 3.44. The number of rotatable bonds is 5. The van der Waals surface area contributed by atoms with E-state index < -0.39 is 10.0 Å². The maximum atomic E-state index is 12.0. The van der Waals surface area contributed by atoms with Crippen molar-refractivity contribution in [2.24, 2.45) is 0 Å². The maximum absolute atomic E-state index is 12.0. The van der Waals surface area contributed by atoms with Gasteiger partial charge in [0.15, 0.2) is 5.82 Å². The number of hydrogen-bond acceptors (Lipinski definition) is 6. The Labute approximate surface area is 104 Å². The largest absolute Gasteiger partial charge is 0.392 e. The number of sulfonamides is 1. The molecular weight excluding hydrogens is 258 g/mol. The Hall–Kier alpha value is -1.77. The summed E-state index contributed by atoms with van der Waals surface area (Å²) in [6.45, 7) is -0.419. The lowest BCUT2D eigenvalue weighted by Crippen LogP contribution is -2.24. The third-order valence-corrected chi connectivity index (χ3v) is 3.76. The Balaban J connectivity index is 2.20. The van der Waals surface area contributed by atoms with E-state index >= 15 is 0 Å². The van der Waals surface area contributed by atoms with Crippen molar-refractivity contribution in [1.82, 2.24) is 14.9 Å². The van der Waals surface area contributed by atoms with Crippen molar-refractivity contribution in [1.29, 1.82) is 0 Å². The fourth-order valence-corrected chi connectivity index (χ4v) is 2.61. The monoisotopic (exact) mass is 269 g/mol. The van der Waals surface area contributed by atoms with Crippen molar-refractivity contribution < 1.29 is 18.0 Å². The average molecular weight is 269 g/mol. The SMILES string of the molecule is O=S(=O)(NCc1ncon1)c1ccccc1CO. The first kappa shape index (κ1) is 12.7. The minimum absolute atomic E-state index is 0.0380. The number of nitrogens with zero attached hydrogens (tertiary/aromatic N) is 2. The highest BCUT2D eigenvalue weighted by molar-refractivity contribution is 7.89. The van der Waals surface area contributed by atoms with Gasteiger partial charge in [0.2, 0.25) is 16.4 Å². The number of aliphatic hydroxyl groups excluding tert-OH is 1. The first-order chi connectivity index (χ1) is 8.63. The van der Waals surface area contributed by atoms with Crippen molar-refractivity contribution in [2.45, 2.75) is 18.0 Å². The van der Waals surface area contributed by atoms with Gasteiger partial charge in [0.1, 0.15) is 0 Å². The van der Waals surface area contributed by atoms with Crippen LogP contribution in [0.2, 0.25) is 0 Å². The maximum Gasteiger partial charge on any atom is 0.241 e. The number of aliphatic hydroxyl groups is 1. The van der Waals surface area contributed by atoms with Gasteiger partial charge >= 0.3 is 0 Å². The zero-order chi connectivity index (χ0) is 13.0. The molecule has 0 aliphatic carbocycles. The molecular formula is C10H11N3O4S. The fourth-order valence-electron chi connectivity index (χ4n) is 1.40. The fraction of sp³-hybridized carbons (Fsp3) is 0.200. The average Bonchev–Trinajstić information content (AvgIpc) is 2.89. The zero-order valence-corrected chi connectivity index (χ0v) is 10.1. The highest BCUT2D eigenvalue weighted by Crippen LogP contribution is 2.15. The van der Waals surface area contributed by atoms with Crippen LogP contribution in [0.1, 0.15) is 11.4 Å². The Morgan fingerprint density at radius 1 is 1.33 bits per heavy atom. The van der Waals surface area contributed by atoms with Gasteiger partial charge in [-0.1, -0.05) is 23.4 Å². The topological polar surface area (TPSA) is 105 Å². The molecule has 7 nitrogen and oxygen atoms in total. The van der Waals surface area contributed by atoms with Crippen LogP contribution in [0, 0.1) is 0 Å². The lowest BCUT2D eigenvalue weighted by Gasteiger charge is -2.08. The van der Waals surface area contributed by atoms with Crippen LogP contribution in [-0.2, 0) is 23.2 Å². The molecule has 96 valence electrons. The van der Waals surface area contributed by atoms with Crippen molar-refractivity contribution >= 4 is 10.0 Å². The van der Waals surface area contributed by atoms with E-state index in [1.54, 1.807) is 18.2 Å². The molecule has 0 spiro atoms. The van der Waals surface area contributed by atoms with Gasteiger partial charge in [0.25, 0.3) is 0 Å². The summed E-state index contributed by atoms with van der Waals surface area (Å²) in [6, 6.07) is 6.21. The number of nitrogens with one attached hydrogen (secondary N) is 1. The van der Waals surface area contributed by atoms with Gasteiger partial charge in [-0.05, 0) is 11.6 Å². The summed E-state index contributed by atoms with van der Waals surface area (Å²) >= 11 is 0. The van der Waals surface area contributed by atoms with Crippen molar-refractivity contribution in [3.8, 4) is 0 Å². The molecule has 18 heavy (non-hydrogen) atoms. The van der Waals surface area contributed by atoms with Crippen LogP contribution in [0.25, 0.3) is 0 Å². The summed E-state index contributed by atoms with van der Waals surface area (Å²) in [6.07, 6.45) is 1.12. The Kier molecular flexibility index (Phi) is 3.70. The molecule has 2 rings (SSSR count). The van der Waals surface area contributed by atoms with E-state index in [-0.39, 0.29) is 23.9 Å². The second-order valence-corrected chi connectivity index (χ2v) is 5.17. The molecule has 0 atom stereocenters. The van der Waals surface area contributed by atoms with Crippen molar-refractivity contribution in [3.05, 3.63) is 42.0 Å². The van der Waals surface area contributed by atoms with E-state index in [1.807, 2.05) is 0 Å². The van der Waals surface area contributed by atoms with Crippen LogP contribution >= 0.6 is 0 Å². The van der Waals surface area contributed by atoms with E-state index in [9.17, 15) is 8.42 Å². The first-order valence-corrected chi connectivity index (χ1v) is 6.55. The lowest BCUT2D eigenvalue weighted by atomic mass is 10.2. The molecule has 1 heterocycles. The summed E-state index contributed by atoms with van der Waals surface area (Å²) in [5.41, 5.74) is 0.332. The molecule has 0 bridgehead atoms. The third kappa shape index (κ3) is 2.73.